The molecule has 114 valence electrons. The Bertz CT molecular complexity index is 384. The van der Waals surface area contributed by atoms with E-state index in [0.29, 0.717) is 0 Å². The molecule has 1 aromatic carbocycles. The van der Waals surface area contributed by atoms with Gasteiger partial charge in [0.2, 0.25) is 0 Å². The summed E-state index contributed by atoms with van der Waals surface area (Å²) in [4.78, 5) is 2.45. The Morgan fingerprint density at radius 2 is 1.80 bits per heavy atom. The average Bonchev–Trinajstić information content (AvgIpc) is 2.42. The molecule has 1 saturated heterocycles. The van der Waals surface area contributed by atoms with Gasteiger partial charge >= 0.3 is 0 Å². The highest BCUT2D eigenvalue weighted by Gasteiger charge is 2.20. The number of hydrogen-bond acceptors (Lipinski definition) is 2. The molecule has 1 N–H and O–H groups in total. The van der Waals surface area contributed by atoms with E-state index < -0.39 is 0 Å². The Labute approximate surface area is 138 Å². The number of likely N-dealkylation sites (tertiary alicyclic amines) is 1. The fraction of sp³-hybridized carbons (Fsp3) is 0.600. The Morgan fingerprint density at radius 1 is 1.20 bits per heavy atom. The van der Waals surface area contributed by atoms with Gasteiger partial charge in [0.15, 0.2) is 0 Å². The van der Waals surface area contributed by atoms with Crippen molar-refractivity contribution in [3.8, 4) is 0 Å². The third-order valence-electron chi connectivity index (χ3n) is 3.83. The summed E-state index contributed by atoms with van der Waals surface area (Å²) in [7, 11) is 0. The topological polar surface area (TPSA) is 15.3 Å². The number of nitrogens with one attached hydrogen (secondary N) is 1. The van der Waals surface area contributed by atoms with Crippen molar-refractivity contribution >= 4 is 35.6 Å². The summed E-state index contributed by atoms with van der Waals surface area (Å²) >= 11 is 12.4. The lowest BCUT2D eigenvalue weighted by Gasteiger charge is -2.32. The van der Waals surface area contributed by atoms with Gasteiger partial charge in [-0.2, -0.15) is 0 Å². The first kappa shape index (κ1) is 18.1. The van der Waals surface area contributed by atoms with Crippen molar-refractivity contribution in [2.45, 2.75) is 26.3 Å². The zero-order valence-electron chi connectivity index (χ0n) is 11.9. The van der Waals surface area contributed by atoms with Gasteiger partial charge in [0.05, 0.1) is 0 Å². The summed E-state index contributed by atoms with van der Waals surface area (Å²) in [6.07, 6.45) is 2.52. The number of nitrogens with zero attached hydrogens (tertiary/aromatic N) is 1. The van der Waals surface area contributed by atoms with Crippen LogP contribution in [0.4, 0.5) is 0 Å². The third-order valence-corrected chi connectivity index (χ3v) is 4.54. The zero-order chi connectivity index (χ0) is 13.7. The largest absolute Gasteiger partial charge is 0.317 e. The maximum atomic E-state index is 6.22. The van der Waals surface area contributed by atoms with Crippen molar-refractivity contribution in [1.82, 2.24) is 10.2 Å². The van der Waals surface area contributed by atoms with Gasteiger partial charge in [0.25, 0.3) is 0 Å². The first-order chi connectivity index (χ1) is 9.20. The highest BCUT2D eigenvalue weighted by Crippen LogP contribution is 2.27. The quantitative estimate of drug-likeness (QED) is 0.864. The van der Waals surface area contributed by atoms with Gasteiger partial charge in [0.1, 0.15) is 0 Å². The van der Waals surface area contributed by atoms with Crippen LogP contribution in [0, 0.1) is 5.92 Å². The Morgan fingerprint density at radius 3 is 2.35 bits per heavy atom. The SMILES string of the molecule is CCNCC1CCN(Cc2c(Cl)cccc2Cl)CC1.Cl. The highest BCUT2D eigenvalue weighted by atomic mass is 35.5. The van der Waals surface area contributed by atoms with E-state index in [9.17, 15) is 0 Å². The van der Waals surface area contributed by atoms with Gasteiger partial charge in [-0.15, -0.1) is 12.4 Å². The molecular formula is C15H23Cl3N2. The van der Waals surface area contributed by atoms with Gasteiger partial charge < -0.3 is 5.32 Å². The molecule has 0 spiro atoms. The maximum absolute atomic E-state index is 6.22. The second-order valence-corrected chi connectivity index (χ2v) is 6.04. The molecule has 0 atom stereocenters. The Hall–Kier alpha value is 0.01000. The second-order valence-electron chi connectivity index (χ2n) is 5.23. The molecule has 1 aromatic rings. The van der Waals surface area contributed by atoms with Gasteiger partial charge in [-0.25, -0.2) is 0 Å². The van der Waals surface area contributed by atoms with Crippen molar-refractivity contribution in [1.29, 1.82) is 0 Å². The minimum Gasteiger partial charge on any atom is -0.317 e. The summed E-state index contributed by atoms with van der Waals surface area (Å²) in [5, 5.41) is 5.00. The van der Waals surface area contributed by atoms with Crippen LogP contribution in [0.25, 0.3) is 0 Å². The zero-order valence-corrected chi connectivity index (χ0v) is 14.2. The molecule has 0 aliphatic carbocycles. The van der Waals surface area contributed by atoms with E-state index in [-0.39, 0.29) is 12.4 Å². The molecule has 1 aliphatic heterocycles. The molecule has 1 fully saturated rings. The standard InChI is InChI=1S/C15H22Cl2N2.ClH/c1-2-18-10-12-6-8-19(9-7-12)11-13-14(16)4-3-5-15(13)17;/h3-5,12,18H,2,6-11H2,1H3;1H. The summed E-state index contributed by atoms with van der Waals surface area (Å²) in [5.41, 5.74) is 1.07. The molecule has 0 amide bonds. The number of rotatable bonds is 5. The van der Waals surface area contributed by atoms with Gasteiger partial charge in [-0.1, -0.05) is 36.2 Å². The molecule has 0 unspecified atom stereocenters. The molecule has 1 heterocycles. The number of hydrogen-bond donors (Lipinski definition) is 1. The fourth-order valence-electron chi connectivity index (χ4n) is 2.60. The Balaban J connectivity index is 0.00000200. The summed E-state index contributed by atoms with van der Waals surface area (Å²) in [5.74, 6) is 0.818. The molecule has 0 aromatic heterocycles. The van der Waals surface area contributed by atoms with Crippen LogP contribution in [-0.2, 0) is 6.54 Å². The van der Waals surface area contributed by atoms with E-state index >= 15 is 0 Å². The predicted molar refractivity (Wildman–Crippen MR) is 90.3 cm³/mol. The maximum Gasteiger partial charge on any atom is 0.0465 e. The summed E-state index contributed by atoms with van der Waals surface area (Å²) in [6.45, 7) is 7.52. The molecule has 0 saturated carbocycles. The van der Waals surface area contributed by atoms with E-state index in [1.807, 2.05) is 18.2 Å². The van der Waals surface area contributed by atoms with Crippen LogP contribution in [-0.4, -0.2) is 31.1 Å². The fourth-order valence-corrected chi connectivity index (χ4v) is 3.12. The minimum absolute atomic E-state index is 0. The van der Waals surface area contributed by atoms with Crippen molar-refractivity contribution in [2.24, 2.45) is 5.92 Å². The normalized spacial score (nSPS) is 16.9. The van der Waals surface area contributed by atoms with Gasteiger partial charge in [-0.3, -0.25) is 4.90 Å². The summed E-state index contributed by atoms with van der Waals surface area (Å²) in [6, 6.07) is 5.73. The van der Waals surface area contributed by atoms with Crippen LogP contribution in [0.2, 0.25) is 10.0 Å². The molecule has 2 rings (SSSR count). The lowest BCUT2D eigenvalue weighted by atomic mass is 9.96. The van der Waals surface area contributed by atoms with Gasteiger partial charge in [0, 0.05) is 22.2 Å². The van der Waals surface area contributed by atoms with Crippen LogP contribution in [0.3, 0.4) is 0 Å². The Kier molecular flexibility index (Phi) is 8.23. The molecular weight excluding hydrogens is 315 g/mol. The van der Waals surface area contributed by atoms with E-state index in [1.165, 1.54) is 12.8 Å². The molecule has 2 nitrogen and oxygen atoms in total. The van der Waals surface area contributed by atoms with E-state index in [4.69, 9.17) is 23.2 Å². The number of piperidine rings is 1. The van der Waals surface area contributed by atoms with E-state index in [2.05, 4.69) is 17.1 Å². The molecule has 0 radical (unpaired) electrons. The first-order valence-electron chi connectivity index (χ1n) is 7.06. The molecule has 1 aliphatic rings. The van der Waals surface area contributed by atoms with Crippen molar-refractivity contribution in [3.05, 3.63) is 33.8 Å². The molecule has 20 heavy (non-hydrogen) atoms. The van der Waals surface area contributed by atoms with Crippen molar-refractivity contribution < 1.29 is 0 Å². The lowest BCUT2D eigenvalue weighted by molar-refractivity contribution is 0.176. The number of benzene rings is 1. The van der Waals surface area contributed by atoms with Crippen LogP contribution < -0.4 is 5.32 Å². The van der Waals surface area contributed by atoms with E-state index in [0.717, 1.165) is 54.3 Å². The molecule has 0 bridgehead atoms. The van der Waals surface area contributed by atoms with Crippen LogP contribution in [0.1, 0.15) is 25.3 Å². The van der Waals surface area contributed by atoms with Crippen LogP contribution >= 0.6 is 35.6 Å². The predicted octanol–water partition coefficient (Wildman–Crippen LogP) is 4.24. The summed E-state index contributed by atoms with van der Waals surface area (Å²) < 4.78 is 0. The van der Waals surface area contributed by atoms with Crippen LogP contribution in [0.15, 0.2) is 18.2 Å². The van der Waals surface area contributed by atoms with Gasteiger partial charge in [-0.05, 0) is 57.1 Å². The minimum atomic E-state index is 0. The van der Waals surface area contributed by atoms with Crippen molar-refractivity contribution in [3.63, 3.8) is 0 Å². The highest BCUT2D eigenvalue weighted by molar-refractivity contribution is 6.35. The monoisotopic (exact) mass is 336 g/mol. The lowest BCUT2D eigenvalue weighted by Crippen LogP contribution is -2.37. The second kappa shape index (κ2) is 9.11. The van der Waals surface area contributed by atoms with Crippen LogP contribution in [0.5, 0.6) is 0 Å². The smallest absolute Gasteiger partial charge is 0.0465 e. The van der Waals surface area contributed by atoms with Crippen molar-refractivity contribution in [2.75, 3.05) is 26.2 Å². The van der Waals surface area contributed by atoms with E-state index in [1.54, 1.807) is 0 Å². The first-order valence-corrected chi connectivity index (χ1v) is 7.82. The molecule has 5 heteroatoms. The third kappa shape index (κ3) is 5.09. The average molecular weight is 338 g/mol. The number of halogens is 3.